The second-order valence-electron chi connectivity index (χ2n) is 8.87. The molecular weight excluding hydrogens is 454 g/mol. The van der Waals surface area contributed by atoms with Gasteiger partial charge in [0.25, 0.3) is 0 Å². The Morgan fingerprint density at radius 3 is 2.58 bits per heavy atom. The van der Waals surface area contributed by atoms with Crippen molar-refractivity contribution in [3.63, 3.8) is 0 Å². The lowest BCUT2D eigenvalue weighted by Crippen LogP contribution is -2.12. The molecule has 0 aliphatic rings. The highest BCUT2D eigenvalue weighted by Crippen LogP contribution is 2.34. The first kappa shape index (κ1) is 23.8. The molecule has 9 nitrogen and oxygen atoms in total. The summed E-state index contributed by atoms with van der Waals surface area (Å²) in [6, 6.07) is 17.2. The number of fused-ring (bicyclic) bond motifs is 1. The molecular formula is C27H29N7O2. The molecule has 5 rings (SSSR count). The quantitative estimate of drug-likeness (QED) is 0.308. The van der Waals surface area contributed by atoms with Crippen molar-refractivity contribution < 1.29 is 10.2 Å². The van der Waals surface area contributed by atoms with E-state index in [1.165, 1.54) is 0 Å². The van der Waals surface area contributed by atoms with Gasteiger partial charge in [-0.15, -0.1) is 0 Å². The molecule has 1 aromatic carbocycles. The average Bonchev–Trinajstić information content (AvgIpc) is 3.49. The average molecular weight is 484 g/mol. The molecule has 0 amide bonds. The Hall–Kier alpha value is -3.92. The van der Waals surface area contributed by atoms with Gasteiger partial charge >= 0.3 is 0 Å². The molecule has 36 heavy (non-hydrogen) atoms. The van der Waals surface area contributed by atoms with E-state index < -0.39 is 0 Å². The highest BCUT2D eigenvalue weighted by Gasteiger charge is 2.17. The van der Waals surface area contributed by atoms with Crippen LogP contribution in [-0.2, 0) is 13.7 Å². The predicted molar refractivity (Wildman–Crippen MR) is 138 cm³/mol. The molecule has 184 valence electrons. The molecule has 4 N–H and O–H groups in total. The van der Waals surface area contributed by atoms with Crippen LogP contribution < -0.4 is 5.73 Å². The number of aromatic nitrogens is 6. The first-order chi connectivity index (χ1) is 17.5. The third-order valence-electron chi connectivity index (χ3n) is 6.37. The lowest BCUT2D eigenvalue weighted by atomic mass is 10.00. The second-order valence-corrected chi connectivity index (χ2v) is 8.87. The summed E-state index contributed by atoms with van der Waals surface area (Å²) in [6.07, 6.45) is 3.10. The van der Waals surface area contributed by atoms with Gasteiger partial charge in [-0.2, -0.15) is 10.2 Å². The zero-order chi connectivity index (χ0) is 25.2. The van der Waals surface area contributed by atoms with Crippen molar-refractivity contribution >= 4 is 10.9 Å². The Balaban J connectivity index is 1.70. The van der Waals surface area contributed by atoms with E-state index in [1.54, 1.807) is 10.7 Å². The van der Waals surface area contributed by atoms with Gasteiger partial charge in [-0.05, 0) is 62.2 Å². The van der Waals surface area contributed by atoms with Gasteiger partial charge in [0.1, 0.15) is 0 Å². The molecule has 0 fully saturated rings. The number of nitrogens with two attached hydrogens (primary N) is 1. The molecule has 0 spiro atoms. The third kappa shape index (κ3) is 4.51. The fraction of sp³-hybridized carbons (Fsp3) is 0.259. The normalized spacial score (nSPS) is 12.4. The van der Waals surface area contributed by atoms with Crippen LogP contribution in [0.5, 0.6) is 0 Å². The summed E-state index contributed by atoms with van der Waals surface area (Å²) in [5.41, 5.74) is 13.1. The fourth-order valence-corrected chi connectivity index (χ4v) is 4.31. The van der Waals surface area contributed by atoms with Gasteiger partial charge in [0.2, 0.25) is 0 Å². The smallest absolute Gasteiger partial charge is 0.154 e. The molecule has 4 heterocycles. The number of rotatable bonds is 8. The predicted octanol–water partition coefficient (Wildman–Crippen LogP) is 3.46. The molecule has 0 radical (unpaired) electrons. The van der Waals surface area contributed by atoms with Crippen molar-refractivity contribution in [3.8, 4) is 28.3 Å². The summed E-state index contributed by atoms with van der Waals surface area (Å²) in [5.74, 6) is 0.615. The van der Waals surface area contributed by atoms with Gasteiger partial charge in [0, 0.05) is 41.9 Å². The molecule has 5 aromatic rings. The number of aliphatic hydroxyl groups is 2. The lowest BCUT2D eigenvalue weighted by Gasteiger charge is -2.13. The van der Waals surface area contributed by atoms with Crippen LogP contribution in [0, 0.1) is 6.92 Å². The minimum atomic E-state index is -0.255. The highest BCUT2D eigenvalue weighted by molar-refractivity contribution is 5.97. The van der Waals surface area contributed by atoms with Crippen LogP contribution >= 0.6 is 0 Å². The summed E-state index contributed by atoms with van der Waals surface area (Å²) in [7, 11) is 1.92. The van der Waals surface area contributed by atoms with Gasteiger partial charge in [-0.1, -0.05) is 12.1 Å². The fourth-order valence-electron chi connectivity index (χ4n) is 4.31. The van der Waals surface area contributed by atoms with Gasteiger partial charge < -0.3 is 15.9 Å². The van der Waals surface area contributed by atoms with Crippen molar-refractivity contribution in [2.75, 3.05) is 6.61 Å². The number of pyridine rings is 2. The standard InChI is InChI=1S/C27H29N7O2/c1-17-12-25(32-33(17)2)20-13-18(23-8-4-9-24(31-23)22(28)7-5-11-35)14-26-21(20)15-29-34(26)27-10-3-6-19(16-36)30-27/h3-4,6,8-10,12-15,22,35-36H,5,7,11,16,28H2,1-2H3/t22-/m0/s1. The van der Waals surface area contributed by atoms with Crippen molar-refractivity contribution in [2.24, 2.45) is 12.8 Å². The Morgan fingerprint density at radius 1 is 1.00 bits per heavy atom. The number of aliphatic hydroxyl groups excluding tert-OH is 2. The summed E-state index contributed by atoms with van der Waals surface area (Å²) < 4.78 is 3.62. The van der Waals surface area contributed by atoms with Crippen LogP contribution in [-0.4, -0.2) is 46.3 Å². The van der Waals surface area contributed by atoms with E-state index in [0.29, 0.717) is 24.4 Å². The van der Waals surface area contributed by atoms with Gasteiger partial charge in [-0.3, -0.25) is 9.67 Å². The summed E-state index contributed by atoms with van der Waals surface area (Å²) >= 11 is 0. The first-order valence-corrected chi connectivity index (χ1v) is 11.9. The molecule has 0 bridgehead atoms. The number of aryl methyl sites for hydroxylation is 2. The molecule has 1 atom stereocenters. The van der Waals surface area contributed by atoms with E-state index in [0.717, 1.165) is 44.8 Å². The second kappa shape index (κ2) is 9.98. The van der Waals surface area contributed by atoms with E-state index in [2.05, 4.69) is 22.2 Å². The van der Waals surface area contributed by atoms with E-state index in [4.69, 9.17) is 15.8 Å². The Labute approximate surface area is 208 Å². The third-order valence-corrected chi connectivity index (χ3v) is 6.37. The van der Waals surface area contributed by atoms with Gasteiger partial charge in [-0.25, -0.2) is 9.67 Å². The molecule has 0 saturated carbocycles. The van der Waals surface area contributed by atoms with Crippen LogP contribution in [0.25, 0.3) is 39.2 Å². The zero-order valence-corrected chi connectivity index (χ0v) is 20.3. The largest absolute Gasteiger partial charge is 0.396 e. The van der Waals surface area contributed by atoms with E-state index in [9.17, 15) is 10.2 Å². The SMILES string of the molecule is Cc1cc(-c2cc(-c3cccc([C@@H](N)CCCO)n3)cc3c2cnn3-c2cccc(CO)n2)nn1C. The molecule has 0 saturated heterocycles. The van der Waals surface area contributed by atoms with Crippen molar-refractivity contribution in [1.82, 2.24) is 29.5 Å². The van der Waals surface area contributed by atoms with Crippen LogP contribution in [0.2, 0.25) is 0 Å². The molecule has 0 aliphatic heterocycles. The van der Waals surface area contributed by atoms with E-state index in [1.807, 2.05) is 61.2 Å². The lowest BCUT2D eigenvalue weighted by molar-refractivity contribution is 0.276. The zero-order valence-electron chi connectivity index (χ0n) is 20.3. The Morgan fingerprint density at radius 2 is 1.83 bits per heavy atom. The maximum absolute atomic E-state index is 9.58. The number of hydrogen-bond donors (Lipinski definition) is 3. The minimum Gasteiger partial charge on any atom is -0.396 e. The number of nitrogens with zero attached hydrogens (tertiary/aromatic N) is 6. The molecule has 0 aliphatic carbocycles. The van der Waals surface area contributed by atoms with E-state index in [-0.39, 0.29) is 19.3 Å². The van der Waals surface area contributed by atoms with Crippen molar-refractivity contribution in [3.05, 3.63) is 77.9 Å². The number of benzene rings is 1. The Bertz CT molecular complexity index is 1500. The monoisotopic (exact) mass is 483 g/mol. The highest BCUT2D eigenvalue weighted by atomic mass is 16.3. The van der Waals surface area contributed by atoms with Gasteiger partial charge in [0.15, 0.2) is 5.82 Å². The van der Waals surface area contributed by atoms with Crippen LogP contribution in [0.3, 0.4) is 0 Å². The summed E-state index contributed by atoms with van der Waals surface area (Å²) in [4.78, 5) is 9.41. The topological polar surface area (TPSA) is 128 Å². The maximum atomic E-state index is 9.58. The van der Waals surface area contributed by atoms with E-state index >= 15 is 0 Å². The Kier molecular flexibility index (Phi) is 6.60. The molecule has 4 aromatic heterocycles. The minimum absolute atomic E-state index is 0.104. The van der Waals surface area contributed by atoms with Crippen LogP contribution in [0.4, 0.5) is 0 Å². The number of hydrogen-bond acceptors (Lipinski definition) is 7. The first-order valence-electron chi connectivity index (χ1n) is 11.9. The van der Waals surface area contributed by atoms with Crippen molar-refractivity contribution in [1.29, 1.82) is 0 Å². The van der Waals surface area contributed by atoms with Crippen LogP contribution in [0.15, 0.2) is 60.8 Å². The van der Waals surface area contributed by atoms with Crippen molar-refractivity contribution in [2.45, 2.75) is 32.4 Å². The van der Waals surface area contributed by atoms with Gasteiger partial charge in [0.05, 0.1) is 41.1 Å². The summed E-state index contributed by atoms with van der Waals surface area (Å²) in [6.45, 7) is 1.97. The summed E-state index contributed by atoms with van der Waals surface area (Å²) in [5, 5.41) is 29.1. The van der Waals surface area contributed by atoms with Crippen LogP contribution in [0.1, 0.15) is 36.0 Å². The maximum Gasteiger partial charge on any atom is 0.154 e. The molecule has 9 heteroatoms. The molecule has 0 unspecified atom stereocenters.